The fourth-order valence-corrected chi connectivity index (χ4v) is 2.60. The maximum absolute atomic E-state index is 5.78. The largest absolute Gasteiger partial charge is 0.368 e. The van der Waals surface area contributed by atoms with Crippen LogP contribution in [0.3, 0.4) is 0 Å². The van der Waals surface area contributed by atoms with Crippen molar-refractivity contribution in [1.82, 2.24) is 4.98 Å². The van der Waals surface area contributed by atoms with E-state index in [9.17, 15) is 0 Å². The monoisotopic (exact) mass is 219 g/mol. The molecule has 0 aromatic carbocycles. The topological polar surface area (TPSA) is 42.2 Å². The summed E-state index contributed by atoms with van der Waals surface area (Å²) < 4.78 is 0. The van der Waals surface area contributed by atoms with Crippen molar-refractivity contribution in [2.24, 2.45) is 5.73 Å². The first-order valence-corrected chi connectivity index (χ1v) is 6.26. The van der Waals surface area contributed by atoms with E-state index in [-0.39, 0.29) is 0 Å². The molecular formula is C13H21N3. The first kappa shape index (κ1) is 11.4. The molecule has 1 aliphatic heterocycles. The van der Waals surface area contributed by atoms with Crippen LogP contribution < -0.4 is 10.6 Å². The van der Waals surface area contributed by atoms with Crippen molar-refractivity contribution >= 4 is 5.69 Å². The number of pyridine rings is 1. The highest BCUT2D eigenvalue weighted by Crippen LogP contribution is 2.28. The first-order chi connectivity index (χ1) is 7.86. The molecule has 2 rings (SSSR count). The zero-order valence-electron chi connectivity index (χ0n) is 10.0. The van der Waals surface area contributed by atoms with E-state index < -0.39 is 0 Å². The molecule has 2 N–H and O–H groups in total. The fraction of sp³-hybridized carbons (Fsp3) is 0.615. The molecule has 1 aliphatic rings. The Morgan fingerprint density at radius 2 is 2.38 bits per heavy atom. The standard InChI is InChI=1S/C13H21N3/c1-2-12-5-3-4-8-16(12)13-6-7-15-10-11(13)9-14/h6-7,10,12H,2-5,8-9,14H2,1H3. The van der Waals surface area contributed by atoms with Crippen LogP contribution in [-0.2, 0) is 6.54 Å². The predicted octanol–water partition coefficient (Wildman–Crippen LogP) is 2.31. The molecule has 0 amide bonds. The second-order valence-corrected chi connectivity index (χ2v) is 4.46. The highest BCUT2D eigenvalue weighted by molar-refractivity contribution is 5.53. The van der Waals surface area contributed by atoms with Gasteiger partial charge < -0.3 is 10.6 Å². The molecule has 1 saturated heterocycles. The zero-order chi connectivity index (χ0) is 11.4. The molecule has 0 spiro atoms. The molecule has 1 fully saturated rings. The Hall–Kier alpha value is -1.09. The van der Waals surface area contributed by atoms with Gasteiger partial charge in [0.15, 0.2) is 0 Å². The summed E-state index contributed by atoms with van der Waals surface area (Å²) in [6.07, 6.45) is 8.95. The van der Waals surface area contributed by atoms with Gasteiger partial charge in [-0.05, 0) is 31.7 Å². The third kappa shape index (κ3) is 2.19. The van der Waals surface area contributed by atoms with Crippen molar-refractivity contribution in [2.75, 3.05) is 11.4 Å². The molecule has 1 atom stereocenters. The quantitative estimate of drug-likeness (QED) is 0.848. The third-order valence-electron chi connectivity index (χ3n) is 3.51. The van der Waals surface area contributed by atoms with Gasteiger partial charge in [0, 0.05) is 42.8 Å². The second-order valence-electron chi connectivity index (χ2n) is 4.46. The number of nitrogens with two attached hydrogens (primary N) is 1. The second kappa shape index (κ2) is 5.30. The smallest absolute Gasteiger partial charge is 0.0445 e. The maximum atomic E-state index is 5.78. The van der Waals surface area contributed by atoms with Gasteiger partial charge in [-0.3, -0.25) is 4.98 Å². The van der Waals surface area contributed by atoms with E-state index in [1.165, 1.54) is 36.9 Å². The minimum Gasteiger partial charge on any atom is -0.368 e. The highest BCUT2D eigenvalue weighted by atomic mass is 15.2. The molecular weight excluding hydrogens is 198 g/mol. The molecule has 0 bridgehead atoms. The number of hydrogen-bond donors (Lipinski definition) is 1. The Bertz CT molecular complexity index is 338. The Kier molecular flexibility index (Phi) is 3.78. The van der Waals surface area contributed by atoms with Crippen molar-refractivity contribution in [3.63, 3.8) is 0 Å². The summed E-state index contributed by atoms with van der Waals surface area (Å²) in [7, 11) is 0. The lowest BCUT2D eigenvalue weighted by molar-refractivity contribution is 0.449. The van der Waals surface area contributed by atoms with Gasteiger partial charge in [0.05, 0.1) is 0 Å². The predicted molar refractivity (Wildman–Crippen MR) is 67.4 cm³/mol. The lowest BCUT2D eigenvalue weighted by Crippen LogP contribution is -2.39. The Morgan fingerprint density at radius 1 is 1.50 bits per heavy atom. The molecule has 0 saturated carbocycles. The van der Waals surface area contributed by atoms with E-state index in [0.717, 1.165) is 6.54 Å². The lowest BCUT2D eigenvalue weighted by atomic mass is 9.98. The van der Waals surface area contributed by atoms with Gasteiger partial charge >= 0.3 is 0 Å². The molecule has 1 aromatic heterocycles. The fourth-order valence-electron chi connectivity index (χ4n) is 2.60. The third-order valence-corrected chi connectivity index (χ3v) is 3.51. The number of hydrogen-bond acceptors (Lipinski definition) is 3. The maximum Gasteiger partial charge on any atom is 0.0445 e. The van der Waals surface area contributed by atoms with Crippen LogP contribution in [0.2, 0.25) is 0 Å². The highest BCUT2D eigenvalue weighted by Gasteiger charge is 2.22. The molecule has 3 heteroatoms. The number of rotatable bonds is 3. The van der Waals surface area contributed by atoms with Crippen LogP contribution in [0, 0.1) is 0 Å². The van der Waals surface area contributed by atoms with Gasteiger partial charge in [-0.25, -0.2) is 0 Å². The molecule has 2 heterocycles. The van der Waals surface area contributed by atoms with Gasteiger partial charge in [0.1, 0.15) is 0 Å². The van der Waals surface area contributed by atoms with Gasteiger partial charge in [-0.15, -0.1) is 0 Å². The molecule has 88 valence electrons. The van der Waals surface area contributed by atoms with Crippen LogP contribution in [0.25, 0.3) is 0 Å². The first-order valence-electron chi connectivity index (χ1n) is 6.26. The van der Waals surface area contributed by atoms with E-state index in [0.29, 0.717) is 12.6 Å². The summed E-state index contributed by atoms with van der Waals surface area (Å²) in [6, 6.07) is 2.79. The van der Waals surface area contributed by atoms with Crippen LogP contribution in [0.15, 0.2) is 18.5 Å². The van der Waals surface area contributed by atoms with Crippen LogP contribution in [0.4, 0.5) is 5.69 Å². The SMILES string of the molecule is CCC1CCCCN1c1ccncc1CN. The van der Waals surface area contributed by atoms with E-state index >= 15 is 0 Å². The van der Waals surface area contributed by atoms with E-state index in [1.54, 1.807) is 0 Å². The molecule has 16 heavy (non-hydrogen) atoms. The van der Waals surface area contributed by atoms with Crippen molar-refractivity contribution in [1.29, 1.82) is 0 Å². The lowest BCUT2D eigenvalue weighted by Gasteiger charge is -2.38. The summed E-state index contributed by atoms with van der Waals surface area (Å²) in [4.78, 5) is 6.68. The minimum atomic E-state index is 0.579. The average molecular weight is 219 g/mol. The van der Waals surface area contributed by atoms with Crippen molar-refractivity contribution in [2.45, 2.75) is 45.2 Å². The average Bonchev–Trinajstić information content (AvgIpc) is 2.38. The Labute approximate surface area is 97.7 Å². The number of piperidine rings is 1. The van der Waals surface area contributed by atoms with Crippen molar-refractivity contribution in [3.8, 4) is 0 Å². The van der Waals surface area contributed by atoms with Gasteiger partial charge in [-0.1, -0.05) is 6.92 Å². The summed E-state index contributed by atoms with van der Waals surface area (Å²) >= 11 is 0. The van der Waals surface area contributed by atoms with Crippen LogP contribution in [-0.4, -0.2) is 17.6 Å². The number of aromatic nitrogens is 1. The van der Waals surface area contributed by atoms with E-state index in [2.05, 4.69) is 22.9 Å². The summed E-state index contributed by atoms with van der Waals surface area (Å²) in [5, 5.41) is 0. The molecule has 3 nitrogen and oxygen atoms in total. The van der Waals surface area contributed by atoms with Gasteiger partial charge in [0.2, 0.25) is 0 Å². The van der Waals surface area contributed by atoms with Crippen LogP contribution in [0.5, 0.6) is 0 Å². The molecule has 1 unspecified atom stereocenters. The number of nitrogens with zero attached hydrogens (tertiary/aromatic N) is 2. The van der Waals surface area contributed by atoms with Crippen LogP contribution in [0.1, 0.15) is 38.2 Å². The van der Waals surface area contributed by atoms with Gasteiger partial charge in [0.25, 0.3) is 0 Å². The molecule has 0 radical (unpaired) electrons. The Morgan fingerprint density at radius 3 is 3.12 bits per heavy atom. The summed E-state index contributed by atoms with van der Waals surface area (Å²) in [6.45, 7) is 4.01. The van der Waals surface area contributed by atoms with E-state index in [4.69, 9.17) is 5.73 Å². The summed E-state index contributed by atoms with van der Waals surface area (Å²) in [5.41, 5.74) is 8.24. The molecule has 0 aliphatic carbocycles. The minimum absolute atomic E-state index is 0.579. The van der Waals surface area contributed by atoms with E-state index in [1.807, 2.05) is 12.4 Å². The molecule has 1 aromatic rings. The van der Waals surface area contributed by atoms with Crippen LogP contribution >= 0.6 is 0 Å². The normalized spacial score (nSPS) is 21.1. The van der Waals surface area contributed by atoms with Crippen molar-refractivity contribution in [3.05, 3.63) is 24.0 Å². The zero-order valence-corrected chi connectivity index (χ0v) is 10.0. The van der Waals surface area contributed by atoms with Gasteiger partial charge in [-0.2, -0.15) is 0 Å². The number of anilines is 1. The summed E-state index contributed by atoms with van der Waals surface area (Å²) in [5.74, 6) is 0. The van der Waals surface area contributed by atoms with Crippen molar-refractivity contribution < 1.29 is 0 Å². The Balaban J connectivity index is 2.26.